The molecule has 30 heavy (non-hydrogen) atoms. The molecule has 0 atom stereocenters. The number of carbonyl (C=O) groups excluding carboxylic acids is 1. The van der Waals surface area contributed by atoms with Gasteiger partial charge in [0.2, 0.25) is 5.91 Å². The van der Waals surface area contributed by atoms with Gasteiger partial charge in [-0.05, 0) is 43.2 Å². The molecule has 2 aromatic carbocycles. The van der Waals surface area contributed by atoms with E-state index in [1.807, 2.05) is 0 Å². The maximum absolute atomic E-state index is 13.2. The minimum Gasteiger partial charge on any atom is -0.341 e. The number of amides is 1. The van der Waals surface area contributed by atoms with Crippen molar-refractivity contribution in [3.63, 3.8) is 0 Å². The van der Waals surface area contributed by atoms with Crippen LogP contribution in [-0.2, 0) is 21.0 Å². The van der Waals surface area contributed by atoms with E-state index in [0.717, 1.165) is 48.2 Å². The molecular formula is C21H23F3N2O3S. The van der Waals surface area contributed by atoms with Gasteiger partial charge in [-0.1, -0.05) is 37.1 Å². The fourth-order valence-corrected chi connectivity index (χ4v) is 5.03. The standard InChI is InChI=1S/C21H23F3N2O3S/c1-25(17-9-5-6-10-17)20(27)15-26(30(28,29)19-12-3-2-4-13-19)18-11-7-8-16(14-18)21(22,23)24/h2-4,7-8,11-14,17H,5-6,9-10,15H2,1H3. The van der Waals surface area contributed by atoms with Crippen molar-refractivity contribution in [2.75, 3.05) is 17.9 Å². The van der Waals surface area contributed by atoms with Crippen molar-refractivity contribution < 1.29 is 26.4 Å². The number of alkyl halides is 3. The van der Waals surface area contributed by atoms with Crippen LogP contribution in [0.15, 0.2) is 59.5 Å². The largest absolute Gasteiger partial charge is 0.416 e. The number of hydrogen-bond acceptors (Lipinski definition) is 3. The van der Waals surface area contributed by atoms with E-state index in [0.29, 0.717) is 0 Å². The zero-order valence-electron chi connectivity index (χ0n) is 16.5. The Kier molecular flexibility index (Phi) is 6.40. The van der Waals surface area contributed by atoms with E-state index >= 15 is 0 Å². The second-order valence-electron chi connectivity index (χ2n) is 7.32. The van der Waals surface area contributed by atoms with Gasteiger partial charge >= 0.3 is 6.18 Å². The number of benzene rings is 2. The van der Waals surface area contributed by atoms with Crippen molar-refractivity contribution in [3.8, 4) is 0 Å². The van der Waals surface area contributed by atoms with Crippen LogP contribution in [0.1, 0.15) is 31.2 Å². The topological polar surface area (TPSA) is 57.7 Å². The van der Waals surface area contributed by atoms with Crippen molar-refractivity contribution in [1.82, 2.24) is 4.90 Å². The molecule has 1 aliphatic rings. The summed E-state index contributed by atoms with van der Waals surface area (Å²) in [6.45, 7) is -0.578. The third-order valence-corrected chi connectivity index (χ3v) is 7.13. The monoisotopic (exact) mass is 440 g/mol. The van der Waals surface area contributed by atoms with Crippen molar-refractivity contribution in [2.24, 2.45) is 0 Å². The Balaban J connectivity index is 2.00. The van der Waals surface area contributed by atoms with E-state index in [-0.39, 0.29) is 16.6 Å². The molecule has 0 heterocycles. The summed E-state index contributed by atoms with van der Waals surface area (Å²) in [7, 11) is -2.64. The van der Waals surface area contributed by atoms with Gasteiger partial charge in [0.15, 0.2) is 0 Å². The minimum absolute atomic E-state index is 0.0142. The smallest absolute Gasteiger partial charge is 0.341 e. The molecule has 0 aliphatic heterocycles. The van der Waals surface area contributed by atoms with Gasteiger partial charge in [-0.25, -0.2) is 8.42 Å². The molecule has 0 saturated heterocycles. The molecule has 2 aromatic rings. The van der Waals surface area contributed by atoms with E-state index in [1.54, 1.807) is 13.1 Å². The minimum atomic E-state index is -4.64. The number of nitrogens with zero attached hydrogens (tertiary/aromatic N) is 2. The Morgan fingerprint density at radius 2 is 1.67 bits per heavy atom. The van der Waals surface area contributed by atoms with Crippen LogP contribution in [0.4, 0.5) is 18.9 Å². The lowest BCUT2D eigenvalue weighted by molar-refractivity contribution is -0.137. The lowest BCUT2D eigenvalue weighted by atomic mass is 10.2. The Morgan fingerprint density at radius 3 is 2.27 bits per heavy atom. The molecule has 5 nitrogen and oxygen atoms in total. The molecule has 0 spiro atoms. The van der Waals surface area contributed by atoms with Crippen LogP contribution in [0.3, 0.4) is 0 Å². The summed E-state index contributed by atoms with van der Waals surface area (Å²) in [4.78, 5) is 14.3. The quantitative estimate of drug-likeness (QED) is 0.673. The van der Waals surface area contributed by atoms with Gasteiger partial charge < -0.3 is 4.90 Å². The Hall–Kier alpha value is -2.55. The highest BCUT2D eigenvalue weighted by molar-refractivity contribution is 7.92. The molecule has 1 fully saturated rings. The summed E-state index contributed by atoms with van der Waals surface area (Å²) in [6, 6.07) is 11.4. The van der Waals surface area contributed by atoms with Gasteiger partial charge in [-0.2, -0.15) is 13.2 Å². The first-order valence-corrected chi connectivity index (χ1v) is 11.1. The molecule has 162 valence electrons. The molecule has 0 radical (unpaired) electrons. The molecule has 0 N–H and O–H groups in total. The molecule has 0 bridgehead atoms. The van der Waals surface area contributed by atoms with Gasteiger partial charge in [0.25, 0.3) is 10.0 Å². The van der Waals surface area contributed by atoms with Gasteiger partial charge in [-0.3, -0.25) is 9.10 Å². The highest BCUT2D eigenvalue weighted by atomic mass is 32.2. The van der Waals surface area contributed by atoms with Crippen LogP contribution < -0.4 is 4.31 Å². The van der Waals surface area contributed by atoms with E-state index in [4.69, 9.17) is 0 Å². The van der Waals surface area contributed by atoms with Crippen LogP contribution in [0.2, 0.25) is 0 Å². The van der Waals surface area contributed by atoms with Crippen molar-refractivity contribution in [2.45, 2.75) is 42.8 Å². The molecule has 1 aliphatic carbocycles. The van der Waals surface area contributed by atoms with Gasteiger partial charge in [-0.15, -0.1) is 0 Å². The molecule has 0 aromatic heterocycles. The summed E-state index contributed by atoms with van der Waals surface area (Å²) in [5.41, 5.74) is -1.19. The zero-order chi connectivity index (χ0) is 21.9. The molecule has 3 rings (SSSR count). The first-order valence-electron chi connectivity index (χ1n) is 9.61. The van der Waals surface area contributed by atoms with Crippen LogP contribution in [0.25, 0.3) is 0 Å². The van der Waals surface area contributed by atoms with Gasteiger partial charge in [0, 0.05) is 13.1 Å². The fourth-order valence-electron chi connectivity index (χ4n) is 3.60. The summed E-state index contributed by atoms with van der Waals surface area (Å²) < 4.78 is 66.9. The van der Waals surface area contributed by atoms with Gasteiger partial charge in [0.05, 0.1) is 16.1 Å². The maximum atomic E-state index is 13.2. The van der Waals surface area contributed by atoms with E-state index < -0.39 is 34.2 Å². The Morgan fingerprint density at radius 1 is 1.03 bits per heavy atom. The second kappa shape index (κ2) is 8.67. The normalized spacial score (nSPS) is 15.2. The number of hydrogen-bond donors (Lipinski definition) is 0. The van der Waals surface area contributed by atoms with Crippen LogP contribution >= 0.6 is 0 Å². The van der Waals surface area contributed by atoms with Crippen molar-refractivity contribution in [3.05, 3.63) is 60.2 Å². The number of anilines is 1. The number of rotatable bonds is 6. The number of carbonyl (C=O) groups is 1. The highest BCUT2D eigenvalue weighted by Crippen LogP contribution is 2.33. The summed E-state index contributed by atoms with van der Waals surface area (Å²) in [5, 5.41) is 0. The molecule has 9 heteroatoms. The van der Waals surface area contributed by atoms with Crippen molar-refractivity contribution in [1.29, 1.82) is 0 Å². The number of sulfonamides is 1. The fraction of sp³-hybridized carbons (Fsp3) is 0.381. The average molecular weight is 440 g/mol. The second-order valence-corrected chi connectivity index (χ2v) is 9.18. The first kappa shape index (κ1) is 22.1. The van der Waals surface area contributed by atoms with Crippen LogP contribution in [0.5, 0.6) is 0 Å². The predicted octanol–water partition coefficient (Wildman–Crippen LogP) is 4.30. The molecule has 1 saturated carbocycles. The predicted molar refractivity (Wildman–Crippen MR) is 107 cm³/mol. The number of likely N-dealkylation sites (N-methyl/N-ethyl adjacent to an activating group) is 1. The zero-order valence-corrected chi connectivity index (χ0v) is 17.3. The molecule has 1 amide bonds. The lowest BCUT2D eigenvalue weighted by Crippen LogP contribution is -2.44. The third kappa shape index (κ3) is 4.77. The van der Waals surface area contributed by atoms with Crippen LogP contribution in [0, 0.1) is 0 Å². The average Bonchev–Trinajstić information content (AvgIpc) is 3.26. The summed E-state index contributed by atoms with van der Waals surface area (Å²) in [6.07, 6.45) is -0.999. The SMILES string of the molecule is CN(C(=O)CN(c1cccc(C(F)(F)F)c1)S(=O)(=O)c1ccccc1)C1CCCC1. The number of halogens is 3. The van der Waals surface area contributed by atoms with Gasteiger partial charge in [0.1, 0.15) is 6.54 Å². The first-order chi connectivity index (χ1) is 14.1. The lowest BCUT2D eigenvalue weighted by Gasteiger charge is -2.29. The van der Waals surface area contributed by atoms with E-state index in [9.17, 15) is 26.4 Å². The van der Waals surface area contributed by atoms with E-state index in [2.05, 4.69) is 0 Å². The Bertz CT molecular complexity index is 988. The molecular weight excluding hydrogens is 417 g/mol. The highest BCUT2D eigenvalue weighted by Gasteiger charge is 2.34. The van der Waals surface area contributed by atoms with Crippen molar-refractivity contribution >= 4 is 21.6 Å². The summed E-state index contributed by atoms with van der Waals surface area (Å²) in [5.74, 6) is -0.459. The third-order valence-electron chi connectivity index (χ3n) is 5.34. The van der Waals surface area contributed by atoms with Crippen LogP contribution in [-0.4, -0.2) is 38.9 Å². The maximum Gasteiger partial charge on any atom is 0.416 e. The van der Waals surface area contributed by atoms with E-state index in [1.165, 1.54) is 35.2 Å². The molecule has 0 unspecified atom stereocenters. The Labute approximate surface area is 174 Å². The summed E-state index contributed by atoms with van der Waals surface area (Å²) >= 11 is 0.